The SMILES string of the molecule is COc1cc(CCCO[C@@H]2O[C@H](CO)[C@@H](O)[C@H](O)[C@H]2O)cc2cc(-c3ccc4c(c3)OCO4)oc12. The molecule has 5 rings (SSSR count). The summed E-state index contributed by atoms with van der Waals surface area (Å²) >= 11 is 0. The summed E-state index contributed by atoms with van der Waals surface area (Å²) in [5, 5.41) is 40.0. The van der Waals surface area contributed by atoms with E-state index in [1.807, 2.05) is 36.4 Å². The van der Waals surface area contributed by atoms with Crippen molar-refractivity contribution in [2.24, 2.45) is 0 Å². The molecule has 3 aromatic rings. The number of furan rings is 1. The van der Waals surface area contributed by atoms with Gasteiger partial charge in [0.1, 0.15) is 30.2 Å². The van der Waals surface area contributed by atoms with Gasteiger partial charge in [-0.25, -0.2) is 0 Å². The quantitative estimate of drug-likeness (QED) is 0.346. The van der Waals surface area contributed by atoms with Crippen LogP contribution in [0.5, 0.6) is 17.2 Å². The Morgan fingerprint density at radius 1 is 0.971 bits per heavy atom. The van der Waals surface area contributed by atoms with Crippen LogP contribution in [0.25, 0.3) is 22.3 Å². The van der Waals surface area contributed by atoms with Crippen LogP contribution in [-0.2, 0) is 15.9 Å². The molecule has 2 aliphatic rings. The van der Waals surface area contributed by atoms with Gasteiger partial charge in [-0.3, -0.25) is 0 Å². The van der Waals surface area contributed by atoms with E-state index in [4.69, 9.17) is 28.1 Å². The van der Waals surface area contributed by atoms with Crippen molar-refractivity contribution in [2.45, 2.75) is 43.5 Å². The maximum atomic E-state index is 10.1. The second-order valence-electron chi connectivity index (χ2n) is 8.57. The number of rotatable bonds is 8. The van der Waals surface area contributed by atoms with Crippen molar-refractivity contribution in [3.63, 3.8) is 0 Å². The minimum Gasteiger partial charge on any atom is -0.493 e. The van der Waals surface area contributed by atoms with Crippen LogP contribution >= 0.6 is 0 Å². The van der Waals surface area contributed by atoms with E-state index < -0.39 is 37.3 Å². The van der Waals surface area contributed by atoms with Crippen molar-refractivity contribution in [2.75, 3.05) is 27.1 Å². The molecule has 2 aliphatic heterocycles. The van der Waals surface area contributed by atoms with E-state index in [1.54, 1.807) is 7.11 Å². The van der Waals surface area contributed by atoms with Crippen LogP contribution < -0.4 is 14.2 Å². The predicted octanol–water partition coefficient (Wildman–Crippen LogP) is 1.59. The van der Waals surface area contributed by atoms with Crippen LogP contribution in [0.4, 0.5) is 0 Å². The lowest BCUT2D eigenvalue weighted by Gasteiger charge is -2.39. The van der Waals surface area contributed by atoms with Gasteiger partial charge in [-0.15, -0.1) is 0 Å². The average molecular weight is 488 g/mol. The third kappa shape index (κ3) is 4.68. The zero-order chi connectivity index (χ0) is 24.5. The first kappa shape index (κ1) is 23.9. The van der Waals surface area contributed by atoms with Crippen LogP contribution in [0.15, 0.2) is 40.8 Å². The molecule has 0 bridgehead atoms. The summed E-state index contributed by atoms with van der Waals surface area (Å²) in [6.45, 7) is -0.0589. The lowest BCUT2D eigenvalue weighted by Crippen LogP contribution is -2.59. The Labute approximate surface area is 201 Å². The monoisotopic (exact) mass is 488 g/mol. The third-order valence-corrected chi connectivity index (χ3v) is 6.26. The zero-order valence-electron chi connectivity index (χ0n) is 19.1. The standard InChI is InChI=1S/C25H28O10/c1-30-19-8-13(3-2-6-31-25-23(29)22(28)21(27)20(11-26)35-25)7-15-10-17(34-24(15)19)14-4-5-16-18(9-14)33-12-32-16/h4-5,7-10,20-23,25-29H,2-3,6,11-12H2,1H3/t20-,21-,22+,23-,25-/m1/s1. The molecule has 2 aromatic carbocycles. The summed E-state index contributed by atoms with van der Waals surface area (Å²) in [6, 6.07) is 11.5. The van der Waals surface area contributed by atoms with Gasteiger partial charge in [0.05, 0.1) is 20.3 Å². The fourth-order valence-corrected chi connectivity index (χ4v) is 4.35. The highest BCUT2D eigenvalue weighted by molar-refractivity contribution is 5.88. The normalized spacial score (nSPS) is 25.8. The Hall–Kier alpha value is -2.86. The molecule has 1 saturated heterocycles. The van der Waals surface area contributed by atoms with Crippen LogP contribution in [-0.4, -0.2) is 78.2 Å². The molecule has 0 saturated carbocycles. The second-order valence-corrected chi connectivity index (χ2v) is 8.57. The Morgan fingerprint density at radius 3 is 2.60 bits per heavy atom. The Morgan fingerprint density at radius 2 is 1.80 bits per heavy atom. The molecular formula is C25H28O10. The lowest BCUT2D eigenvalue weighted by molar-refractivity contribution is -0.301. The molecule has 5 atom stereocenters. The fourth-order valence-electron chi connectivity index (χ4n) is 4.35. The van der Waals surface area contributed by atoms with Crippen LogP contribution in [0.2, 0.25) is 0 Å². The molecule has 35 heavy (non-hydrogen) atoms. The van der Waals surface area contributed by atoms with E-state index in [2.05, 4.69) is 0 Å². The zero-order valence-corrected chi connectivity index (χ0v) is 19.1. The molecular weight excluding hydrogens is 460 g/mol. The summed E-state index contributed by atoms with van der Waals surface area (Å²) in [7, 11) is 1.59. The smallest absolute Gasteiger partial charge is 0.231 e. The first-order valence-corrected chi connectivity index (χ1v) is 11.4. The molecule has 1 aromatic heterocycles. The van der Waals surface area contributed by atoms with E-state index in [0.717, 1.165) is 16.5 Å². The summed E-state index contributed by atoms with van der Waals surface area (Å²) in [6.07, 6.45) is -5.18. The van der Waals surface area contributed by atoms with Gasteiger partial charge in [-0.1, -0.05) is 0 Å². The highest BCUT2D eigenvalue weighted by Gasteiger charge is 2.43. The van der Waals surface area contributed by atoms with Crippen LogP contribution in [0.1, 0.15) is 12.0 Å². The number of ether oxygens (including phenoxy) is 5. The molecule has 1 fully saturated rings. The molecule has 10 nitrogen and oxygen atoms in total. The summed E-state index contributed by atoms with van der Waals surface area (Å²) in [5.74, 6) is 2.67. The Balaban J connectivity index is 1.25. The topological polar surface area (TPSA) is 140 Å². The molecule has 188 valence electrons. The number of aliphatic hydroxyl groups excluding tert-OH is 4. The van der Waals surface area contributed by atoms with E-state index in [-0.39, 0.29) is 13.4 Å². The van der Waals surface area contributed by atoms with E-state index in [1.165, 1.54) is 0 Å². The van der Waals surface area contributed by atoms with Crippen molar-refractivity contribution in [3.05, 3.63) is 42.0 Å². The van der Waals surface area contributed by atoms with Gasteiger partial charge in [0.15, 0.2) is 29.1 Å². The summed E-state index contributed by atoms with van der Waals surface area (Å²) in [5.41, 5.74) is 2.51. The third-order valence-electron chi connectivity index (χ3n) is 6.26. The maximum absolute atomic E-state index is 10.1. The molecule has 10 heteroatoms. The van der Waals surface area contributed by atoms with Gasteiger partial charge in [-0.2, -0.15) is 0 Å². The van der Waals surface area contributed by atoms with Crippen molar-refractivity contribution in [1.29, 1.82) is 0 Å². The summed E-state index contributed by atoms with van der Waals surface area (Å²) < 4.78 is 33.4. The van der Waals surface area contributed by atoms with Crippen LogP contribution in [0.3, 0.4) is 0 Å². The lowest BCUT2D eigenvalue weighted by atomic mass is 9.99. The van der Waals surface area contributed by atoms with E-state index >= 15 is 0 Å². The number of fused-ring (bicyclic) bond motifs is 2. The minimum absolute atomic E-state index is 0.205. The maximum Gasteiger partial charge on any atom is 0.231 e. The number of hydrogen-bond donors (Lipinski definition) is 4. The minimum atomic E-state index is -1.46. The second kappa shape index (κ2) is 10.0. The molecule has 0 unspecified atom stereocenters. The van der Waals surface area contributed by atoms with Gasteiger partial charge in [0, 0.05) is 10.9 Å². The molecule has 0 radical (unpaired) electrons. The first-order valence-electron chi connectivity index (χ1n) is 11.4. The molecule has 4 N–H and O–H groups in total. The van der Waals surface area contributed by atoms with Gasteiger partial charge in [-0.05, 0) is 54.8 Å². The molecule has 0 amide bonds. The number of methoxy groups -OCH3 is 1. The number of benzene rings is 2. The Kier molecular flexibility index (Phi) is 6.83. The first-order chi connectivity index (χ1) is 17.0. The van der Waals surface area contributed by atoms with Crippen LogP contribution in [0, 0.1) is 0 Å². The number of aliphatic hydroxyl groups is 4. The molecule has 0 spiro atoms. The predicted molar refractivity (Wildman–Crippen MR) is 122 cm³/mol. The summed E-state index contributed by atoms with van der Waals surface area (Å²) in [4.78, 5) is 0. The van der Waals surface area contributed by atoms with Crippen molar-refractivity contribution < 1.29 is 48.5 Å². The number of aryl methyl sites for hydroxylation is 1. The van der Waals surface area contributed by atoms with E-state index in [9.17, 15) is 20.4 Å². The average Bonchev–Trinajstić information content (AvgIpc) is 3.52. The van der Waals surface area contributed by atoms with Crippen molar-refractivity contribution >= 4 is 11.0 Å². The van der Waals surface area contributed by atoms with Gasteiger partial charge < -0.3 is 48.5 Å². The number of hydrogen-bond acceptors (Lipinski definition) is 10. The molecule has 0 aliphatic carbocycles. The van der Waals surface area contributed by atoms with E-state index in [0.29, 0.717) is 41.4 Å². The highest BCUT2D eigenvalue weighted by atomic mass is 16.7. The van der Waals surface area contributed by atoms with Gasteiger partial charge in [0.25, 0.3) is 0 Å². The van der Waals surface area contributed by atoms with Gasteiger partial charge in [0.2, 0.25) is 6.79 Å². The Bertz CT molecular complexity index is 1170. The highest BCUT2D eigenvalue weighted by Crippen LogP contribution is 2.39. The largest absolute Gasteiger partial charge is 0.493 e. The van der Waals surface area contributed by atoms with Gasteiger partial charge >= 0.3 is 0 Å². The molecule has 3 heterocycles. The fraction of sp³-hybridized carbons (Fsp3) is 0.440. The van der Waals surface area contributed by atoms with Crippen molar-refractivity contribution in [3.8, 4) is 28.6 Å². The van der Waals surface area contributed by atoms with Crippen molar-refractivity contribution in [1.82, 2.24) is 0 Å².